The van der Waals surface area contributed by atoms with Gasteiger partial charge in [-0.15, -0.1) is 0 Å². The van der Waals surface area contributed by atoms with E-state index >= 15 is 0 Å². The predicted octanol–water partition coefficient (Wildman–Crippen LogP) is 4.40. The minimum atomic E-state index is -4.35. The van der Waals surface area contributed by atoms with E-state index in [-0.39, 0.29) is 5.78 Å². The molecule has 23 heavy (non-hydrogen) atoms. The number of hydrogen-bond donors (Lipinski definition) is 0. The number of Topliss-reactive ketones (excluding diaryl/α,β-unsaturated/α-hetero) is 1. The van der Waals surface area contributed by atoms with Gasteiger partial charge in [-0.3, -0.25) is 4.79 Å². The Balaban J connectivity index is 1.55. The number of ketones is 1. The summed E-state index contributed by atoms with van der Waals surface area (Å²) in [6, 6.07) is 4.55. The summed E-state index contributed by atoms with van der Waals surface area (Å²) in [5.41, 5.74) is -0.339. The lowest BCUT2D eigenvalue weighted by molar-refractivity contribution is -0.137. The van der Waals surface area contributed by atoms with Gasteiger partial charge < -0.3 is 4.90 Å². The van der Waals surface area contributed by atoms with E-state index in [4.69, 9.17) is 0 Å². The molecular weight excluding hydrogens is 303 g/mol. The molecule has 2 nitrogen and oxygen atoms in total. The molecule has 1 aliphatic carbocycles. The normalized spacial score (nSPS) is 25.3. The van der Waals surface area contributed by atoms with Crippen LogP contribution in [0.3, 0.4) is 0 Å². The van der Waals surface area contributed by atoms with Gasteiger partial charge in [0.25, 0.3) is 0 Å². The van der Waals surface area contributed by atoms with Crippen LogP contribution in [0, 0.1) is 11.8 Å². The van der Waals surface area contributed by atoms with Gasteiger partial charge in [-0.2, -0.15) is 13.2 Å². The summed E-state index contributed by atoms with van der Waals surface area (Å²) < 4.78 is 37.6. The molecule has 1 aromatic carbocycles. The van der Waals surface area contributed by atoms with Crippen LogP contribution in [-0.4, -0.2) is 30.3 Å². The third kappa shape index (κ3) is 4.14. The Bertz CT molecular complexity index is 530. The van der Waals surface area contributed by atoms with Crippen molar-refractivity contribution in [2.45, 2.75) is 38.3 Å². The Morgan fingerprint density at radius 2 is 1.52 bits per heavy atom. The summed E-state index contributed by atoms with van der Waals surface area (Å²) in [5, 5.41) is 0. The average molecular weight is 325 g/mol. The van der Waals surface area contributed by atoms with Gasteiger partial charge in [-0.25, -0.2) is 0 Å². The number of nitrogens with zero attached hydrogens (tertiary/aromatic N) is 1. The maximum absolute atomic E-state index is 12.5. The first-order valence-electron chi connectivity index (χ1n) is 8.34. The highest BCUT2D eigenvalue weighted by Crippen LogP contribution is 2.34. The topological polar surface area (TPSA) is 20.3 Å². The van der Waals surface area contributed by atoms with E-state index in [9.17, 15) is 18.0 Å². The van der Waals surface area contributed by atoms with Crippen LogP contribution in [0.4, 0.5) is 13.2 Å². The van der Waals surface area contributed by atoms with Crippen LogP contribution in [-0.2, 0) is 6.18 Å². The zero-order chi connectivity index (χ0) is 16.4. The molecule has 0 radical (unpaired) electrons. The van der Waals surface area contributed by atoms with Crippen LogP contribution in [0.5, 0.6) is 0 Å². The largest absolute Gasteiger partial charge is 0.416 e. The van der Waals surface area contributed by atoms with E-state index < -0.39 is 11.7 Å². The quantitative estimate of drug-likeness (QED) is 0.765. The van der Waals surface area contributed by atoms with Gasteiger partial charge in [0.15, 0.2) is 5.78 Å². The molecule has 1 aromatic rings. The van der Waals surface area contributed by atoms with Gasteiger partial charge in [0.2, 0.25) is 0 Å². The van der Waals surface area contributed by atoms with E-state index in [0.29, 0.717) is 18.5 Å². The molecule has 0 amide bonds. The molecule has 2 heterocycles. The lowest BCUT2D eigenvalue weighted by atomic mass is 9.84. The first-order chi connectivity index (χ1) is 10.9. The van der Waals surface area contributed by atoms with Crippen LogP contribution >= 0.6 is 0 Å². The highest BCUT2D eigenvalue weighted by Gasteiger charge is 2.31. The molecule has 0 unspecified atom stereocenters. The van der Waals surface area contributed by atoms with Crippen LogP contribution < -0.4 is 0 Å². The third-order valence-corrected chi connectivity index (χ3v) is 5.19. The first kappa shape index (κ1) is 16.5. The van der Waals surface area contributed by atoms with E-state index in [1.165, 1.54) is 37.8 Å². The van der Waals surface area contributed by atoms with Gasteiger partial charge in [-0.1, -0.05) is 12.1 Å². The lowest BCUT2D eigenvalue weighted by Crippen LogP contribution is -2.30. The second-order valence-corrected chi connectivity index (χ2v) is 6.89. The number of hydrogen-bond acceptors (Lipinski definition) is 2. The monoisotopic (exact) mass is 325 g/mol. The van der Waals surface area contributed by atoms with Crippen molar-refractivity contribution in [3.8, 4) is 0 Å². The van der Waals surface area contributed by atoms with E-state index in [1.807, 2.05) is 0 Å². The summed E-state index contributed by atoms with van der Waals surface area (Å²) in [6.07, 6.45) is 1.22. The van der Waals surface area contributed by atoms with Crippen molar-refractivity contribution >= 4 is 5.78 Å². The molecular formula is C18H22F3NO. The highest BCUT2D eigenvalue weighted by molar-refractivity contribution is 5.96. The Morgan fingerprint density at radius 1 is 1.00 bits per heavy atom. The van der Waals surface area contributed by atoms with Crippen molar-refractivity contribution in [3.63, 3.8) is 0 Å². The minimum Gasteiger partial charge on any atom is -0.302 e. The molecule has 2 saturated heterocycles. The highest BCUT2D eigenvalue weighted by atomic mass is 19.4. The molecule has 0 N–H and O–H groups in total. The van der Waals surface area contributed by atoms with Crippen molar-refractivity contribution in [3.05, 3.63) is 35.4 Å². The van der Waals surface area contributed by atoms with Crippen LogP contribution in [0.25, 0.3) is 0 Å². The van der Waals surface area contributed by atoms with Crippen molar-refractivity contribution < 1.29 is 18.0 Å². The number of halogens is 3. The van der Waals surface area contributed by atoms with Gasteiger partial charge in [0.1, 0.15) is 0 Å². The van der Waals surface area contributed by atoms with Crippen molar-refractivity contribution in [2.24, 2.45) is 11.8 Å². The zero-order valence-electron chi connectivity index (χ0n) is 13.1. The average Bonchev–Trinajstić information content (AvgIpc) is 2.84. The number of carbonyl (C=O) groups excluding carboxylic acids is 1. The van der Waals surface area contributed by atoms with E-state index in [1.54, 1.807) is 0 Å². The van der Waals surface area contributed by atoms with Crippen LogP contribution in [0.15, 0.2) is 24.3 Å². The molecule has 3 fully saturated rings. The third-order valence-electron chi connectivity index (χ3n) is 5.19. The maximum Gasteiger partial charge on any atom is 0.416 e. The molecule has 2 bridgehead atoms. The second-order valence-electron chi connectivity index (χ2n) is 6.89. The van der Waals surface area contributed by atoms with Crippen LogP contribution in [0.1, 0.15) is 48.0 Å². The number of benzene rings is 1. The molecule has 0 aromatic heterocycles. The van der Waals surface area contributed by atoms with Gasteiger partial charge >= 0.3 is 6.18 Å². The van der Waals surface area contributed by atoms with E-state index in [2.05, 4.69) is 4.90 Å². The lowest BCUT2D eigenvalue weighted by Gasteiger charge is -2.21. The van der Waals surface area contributed by atoms with Gasteiger partial charge in [-0.05, 0) is 49.7 Å². The smallest absolute Gasteiger partial charge is 0.302 e. The Morgan fingerprint density at radius 3 is 2.00 bits per heavy atom. The Hall–Kier alpha value is -1.36. The fourth-order valence-electron chi connectivity index (χ4n) is 3.83. The number of alkyl halides is 3. The second kappa shape index (κ2) is 6.63. The maximum atomic E-state index is 12.5. The molecule has 0 atom stereocenters. The number of carbonyl (C=O) groups is 1. The number of rotatable bonds is 4. The van der Waals surface area contributed by atoms with Gasteiger partial charge in [0, 0.05) is 31.6 Å². The SMILES string of the molecule is O=C(CCN1CC2CCC(CC2)C1)c1ccc(C(F)(F)F)cc1. The van der Waals surface area contributed by atoms with Crippen molar-refractivity contribution in [2.75, 3.05) is 19.6 Å². The van der Waals surface area contributed by atoms with Crippen LogP contribution in [0.2, 0.25) is 0 Å². The molecule has 0 spiro atoms. The molecule has 2 aliphatic heterocycles. The molecule has 126 valence electrons. The fraction of sp³-hybridized carbons (Fsp3) is 0.611. The first-order valence-corrected chi connectivity index (χ1v) is 8.34. The van der Waals surface area contributed by atoms with Crippen molar-refractivity contribution in [1.82, 2.24) is 4.90 Å². The Labute approximate surface area is 134 Å². The summed E-state index contributed by atoms with van der Waals surface area (Å²) in [4.78, 5) is 14.6. The summed E-state index contributed by atoms with van der Waals surface area (Å²) in [5.74, 6) is 1.44. The van der Waals surface area contributed by atoms with E-state index in [0.717, 1.165) is 37.1 Å². The fourth-order valence-corrected chi connectivity index (χ4v) is 3.83. The van der Waals surface area contributed by atoms with Crippen molar-refractivity contribution in [1.29, 1.82) is 0 Å². The zero-order valence-corrected chi connectivity index (χ0v) is 13.1. The summed E-state index contributed by atoms with van der Waals surface area (Å²) in [6.45, 7) is 2.85. The minimum absolute atomic E-state index is 0.0738. The summed E-state index contributed by atoms with van der Waals surface area (Å²) >= 11 is 0. The predicted molar refractivity (Wildman–Crippen MR) is 82.3 cm³/mol. The molecule has 3 aliphatic rings. The molecule has 1 saturated carbocycles. The Kier molecular flexibility index (Phi) is 4.76. The molecule has 5 heteroatoms. The standard InChI is InChI=1S/C18H22F3NO/c19-18(20,21)16-7-5-15(6-8-16)17(23)9-10-22-11-13-1-2-14(12-22)4-3-13/h5-8,13-14H,1-4,9-12H2. The molecule has 4 rings (SSSR count). The van der Waals surface area contributed by atoms with Gasteiger partial charge in [0.05, 0.1) is 5.56 Å². The summed E-state index contributed by atoms with van der Waals surface area (Å²) in [7, 11) is 0. The number of fused-ring (bicyclic) bond motifs is 4.